The molecule has 4 heterocycles. The fourth-order valence-corrected chi connectivity index (χ4v) is 4.71. The lowest BCUT2D eigenvalue weighted by molar-refractivity contribution is -0.128. The van der Waals surface area contributed by atoms with E-state index in [0.717, 1.165) is 31.2 Å². The van der Waals surface area contributed by atoms with E-state index in [4.69, 9.17) is 4.74 Å². The molecule has 3 aliphatic rings. The van der Waals surface area contributed by atoms with E-state index in [-0.39, 0.29) is 36.4 Å². The first-order chi connectivity index (χ1) is 13.2. The third-order valence-electron chi connectivity index (χ3n) is 6.22. The predicted octanol–water partition coefficient (Wildman–Crippen LogP) is 1.39. The standard InChI is InChI=1S/C20H29N5O2.HI/c1-21-20(25-12-15-16(13-25)18-7-6-17(15)27-18)23-11-19(26)24(2)10-8-14-5-3-4-9-22-14;/h3-5,9,15-18H,6-8,10-13H2,1-2H3,(H,21,23);1H. The molecule has 0 saturated carbocycles. The van der Waals surface area contributed by atoms with Crippen LogP contribution in [0, 0.1) is 11.8 Å². The minimum atomic E-state index is 0. The van der Waals surface area contributed by atoms with E-state index < -0.39 is 0 Å². The van der Waals surface area contributed by atoms with Crippen LogP contribution in [0.15, 0.2) is 29.4 Å². The van der Waals surface area contributed by atoms with Gasteiger partial charge in [0.1, 0.15) is 0 Å². The second kappa shape index (κ2) is 9.39. The van der Waals surface area contributed by atoms with Gasteiger partial charge in [0, 0.05) is 63.9 Å². The number of aliphatic imine (C=N–C) groups is 1. The number of rotatable bonds is 5. The first kappa shape index (κ1) is 21.3. The first-order valence-corrected chi connectivity index (χ1v) is 9.90. The van der Waals surface area contributed by atoms with E-state index in [1.54, 1.807) is 18.1 Å². The number of hydrogen-bond donors (Lipinski definition) is 1. The lowest BCUT2D eigenvalue weighted by Crippen LogP contribution is -2.46. The molecule has 4 atom stereocenters. The molecule has 0 aliphatic carbocycles. The lowest BCUT2D eigenvalue weighted by Gasteiger charge is -2.24. The molecule has 154 valence electrons. The Morgan fingerprint density at radius 3 is 2.64 bits per heavy atom. The molecule has 7 nitrogen and oxygen atoms in total. The minimum Gasteiger partial charge on any atom is -0.374 e. The number of aromatic nitrogens is 1. The molecule has 0 radical (unpaired) electrons. The number of likely N-dealkylation sites (tertiary alicyclic amines) is 1. The molecule has 1 aromatic heterocycles. The molecule has 0 aromatic carbocycles. The highest BCUT2D eigenvalue weighted by Gasteiger charge is 2.53. The summed E-state index contributed by atoms with van der Waals surface area (Å²) in [6.45, 7) is 2.88. The van der Waals surface area contributed by atoms with Gasteiger partial charge in [-0.15, -0.1) is 24.0 Å². The fraction of sp³-hybridized carbons (Fsp3) is 0.650. The van der Waals surface area contributed by atoms with Gasteiger partial charge in [0.25, 0.3) is 0 Å². The Bertz CT molecular complexity index is 683. The highest BCUT2D eigenvalue weighted by Crippen LogP contribution is 2.47. The van der Waals surface area contributed by atoms with E-state index in [0.29, 0.717) is 30.6 Å². The van der Waals surface area contributed by atoms with Crippen LogP contribution < -0.4 is 5.32 Å². The van der Waals surface area contributed by atoms with Crippen molar-refractivity contribution in [3.63, 3.8) is 0 Å². The number of amides is 1. The van der Waals surface area contributed by atoms with Crippen molar-refractivity contribution >= 4 is 35.8 Å². The molecule has 1 aromatic rings. The second-order valence-corrected chi connectivity index (χ2v) is 7.81. The number of likely N-dealkylation sites (N-methyl/N-ethyl adjacent to an activating group) is 1. The van der Waals surface area contributed by atoms with Crippen LogP contribution in [0.3, 0.4) is 0 Å². The van der Waals surface area contributed by atoms with Crippen molar-refractivity contribution < 1.29 is 9.53 Å². The summed E-state index contributed by atoms with van der Waals surface area (Å²) in [4.78, 5) is 25.2. The Hall–Kier alpha value is -1.42. The molecule has 1 amide bonds. The third-order valence-corrected chi connectivity index (χ3v) is 6.22. The van der Waals surface area contributed by atoms with Crippen LogP contribution in [0.25, 0.3) is 0 Å². The van der Waals surface area contributed by atoms with Crippen LogP contribution in [0.2, 0.25) is 0 Å². The van der Waals surface area contributed by atoms with E-state index in [9.17, 15) is 4.79 Å². The SMILES string of the molecule is CN=C(NCC(=O)N(C)CCc1ccccn1)N1CC2C3CCC(O3)C2C1.I. The van der Waals surface area contributed by atoms with Gasteiger partial charge in [-0.2, -0.15) is 0 Å². The Morgan fingerprint density at radius 1 is 1.32 bits per heavy atom. The maximum Gasteiger partial charge on any atom is 0.241 e. The number of guanidine groups is 1. The van der Waals surface area contributed by atoms with Crippen molar-refractivity contribution in [1.82, 2.24) is 20.1 Å². The number of hydrogen-bond acceptors (Lipinski definition) is 4. The zero-order valence-electron chi connectivity index (χ0n) is 16.6. The maximum atomic E-state index is 12.5. The van der Waals surface area contributed by atoms with Crippen molar-refractivity contribution in [2.75, 3.05) is 40.3 Å². The summed E-state index contributed by atoms with van der Waals surface area (Å²) in [7, 11) is 3.63. The van der Waals surface area contributed by atoms with Crippen molar-refractivity contribution in [2.24, 2.45) is 16.8 Å². The van der Waals surface area contributed by atoms with E-state index >= 15 is 0 Å². The Kier molecular flexibility index (Phi) is 7.14. The number of nitrogens with zero attached hydrogens (tertiary/aromatic N) is 4. The summed E-state index contributed by atoms with van der Waals surface area (Å²) in [5.74, 6) is 2.14. The monoisotopic (exact) mass is 499 g/mol. The highest BCUT2D eigenvalue weighted by molar-refractivity contribution is 14.0. The first-order valence-electron chi connectivity index (χ1n) is 9.90. The van der Waals surface area contributed by atoms with Crippen LogP contribution in [0.1, 0.15) is 18.5 Å². The Balaban J connectivity index is 0.00000225. The second-order valence-electron chi connectivity index (χ2n) is 7.81. The molecule has 4 unspecified atom stereocenters. The van der Waals surface area contributed by atoms with Gasteiger partial charge >= 0.3 is 0 Å². The van der Waals surface area contributed by atoms with Crippen molar-refractivity contribution in [3.8, 4) is 0 Å². The topological polar surface area (TPSA) is 70.1 Å². The number of ether oxygens (including phenoxy) is 1. The zero-order valence-corrected chi connectivity index (χ0v) is 18.9. The molecule has 0 spiro atoms. The molecular weight excluding hydrogens is 469 g/mol. The predicted molar refractivity (Wildman–Crippen MR) is 119 cm³/mol. The molecule has 2 bridgehead atoms. The van der Waals surface area contributed by atoms with E-state index in [1.165, 1.54) is 12.8 Å². The highest BCUT2D eigenvalue weighted by atomic mass is 127. The maximum absolute atomic E-state index is 12.5. The van der Waals surface area contributed by atoms with Crippen LogP contribution >= 0.6 is 24.0 Å². The minimum absolute atomic E-state index is 0. The van der Waals surface area contributed by atoms with Gasteiger partial charge in [0.05, 0.1) is 18.8 Å². The van der Waals surface area contributed by atoms with E-state index in [2.05, 4.69) is 20.2 Å². The average molecular weight is 499 g/mol. The number of pyridine rings is 1. The molecule has 28 heavy (non-hydrogen) atoms. The average Bonchev–Trinajstić information content (AvgIpc) is 3.40. The van der Waals surface area contributed by atoms with E-state index in [1.807, 2.05) is 25.2 Å². The fourth-order valence-electron chi connectivity index (χ4n) is 4.71. The summed E-state index contributed by atoms with van der Waals surface area (Å²) in [6, 6.07) is 5.86. The molecule has 3 aliphatic heterocycles. The molecule has 8 heteroatoms. The van der Waals surface area contributed by atoms with Gasteiger partial charge in [-0.05, 0) is 25.0 Å². The summed E-state index contributed by atoms with van der Waals surface area (Å²) < 4.78 is 6.04. The van der Waals surface area contributed by atoms with Gasteiger partial charge in [-0.3, -0.25) is 14.8 Å². The van der Waals surface area contributed by atoms with Crippen LogP contribution in [0.4, 0.5) is 0 Å². The quantitative estimate of drug-likeness (QED) is 0.377. The summed E-state index contributed by atoms with van der Waals surface area (Å²) >= 11 is 0. The molecule has 3 saturated heterocycles. The van der Waals surface area contributed by atoms with Crippen molar-refractivity contribution in [2.45, 2.75) is 31.5 Å². The van der Waals surface area contributed by atoms with Gasteiger partial charge < -0.3 is 19.9 Å². The molecule has 4 rings (SSSR count). The summed E-state index contributed by atoms with van der Waals surface area (Å²) in [5.41, 5.74) is 1.00. The summed E-state index contributed by atoms with van der Waals surface area (Å²) in [6.07, 6.45) is 5.81. The molecular formula is C20H30IN5O2. The molecule has 3 fully saturated rings. The van der Waals surface area contributed by atoms with Crippen molar-refractivity contribution in [3.05, 3.63) is 30.1 Å². The number of fused-ring (bicyclic) bond motifs is 5. The van der Waals surface area contributed by atoms with Gasteiger partial charge in [0.2, 0.25) is 5.91 Å². The number of carbonyl (C=O) groups is 1. The normalized spacial score (nSPS) is 28.1. The smallest absolute Gasteiger partial charge is 0.241 e. The third kappa shape index (κ3) is 4.42. The number of carbonyl (C=O) groups excluding carboxylic acids is 1. The largest absolute Gasteiger partial charge is 0.374 e. The van der Waals surface area contributed by atoms with Crippen LogP contribution in [-0.2, 0) is 16.0 Å². The number of nitrogens with one attached hydrogen (secondary N) is 1. The van der Waals surface area contributed by atoms with Crippen LogP contribution in [-0.4, -0.2) is 79.1 Å². The Labute approximate surface area is 183 Å². The van der Waals surface area contributed by atoms with Gasteiger partial charge in [-0.1, -0.05) is 6.07 Å². The summed E-state index contributed by atoms with van der Waals surface area (Å²) in [5, 5.41) is 3.26. The zero-order chi connectivity index (χ0) is 18.8. The van der Waals surface area contributed by atoms with Gasteiger partial charge in [0.15, 0.2) is 5.96 Å². The van der Waals surface area contributed by atoms with Gasteiger partial charge in [-0.25, -0.2) is 0 Å². The van der Waals surface area contributed by atoms with Crippen molar-refractivity contribution in [1.29, 1.82) is 0 Å². The molecule has 1 N–H and O–H groups in total. The van der Waals surface area contributed by atoms with Crippen LogP contribution in [0.5, 0.6) is 0 Å². The Morgan fingerprint density at radius 2 is 2.04 bits per heavy atom. The number of halogens is 1. The lowest BCUT2D eigenvalue weighted by atomic mass is 9.82.